The van der Waals surface area contributed by atoms with Crippen molar-refractivity contribution in [3.63, 3.8) is 0 Å². The van der Waals surface area contributed by atoms with E-state index in [1.54, 1.807) is 46.1 Å². The van der Waals surface area contributed by atoms with Gasteiger partial charge in [-0.1, -0.05) is 12.1 Å². The Hall–Kier alpha value is -2.13. The fourth-order valence-electron chi connectivity index (χ4n) is 2.41. The van der Waals surface area contributed by atoms with E-state index in [0.717, 1.165) is 11.3 Å². The first-order chi connectivity index (χ1) is 11.2. The molecule has 2 atom stereocenters. The summed E-state index contributed by atoms with van der Waals surface area (Å²) in [6.07, 6.45) is -0.200. The van der Waals surface area contributed by atoms with Crippen molar-refractivity contribution >= 4 is 5.97 Å². The maximum Gasteiger partial charge on any atom is 0.330 e. The minimum absolute atomic E-state index is 0.186. The van der Waals surface area contributed by atoms with Crippen LogP contribution in [0.25, 0.3) is 0 Å². The van der Waals surface area contributed by atoms with Crippen LogP contribution in [0.4, 0.5) is 4.39 Å². The molecule has 1 aliphatic carbocycles. The van der Waals surface area contributed by atoms with Gasteiger partial charge in [0.05, 0.1) is 26.4 Å². The maximum absolute atomic E-state index is 14.8. The first kappa shape index (κ1) is 18.2. The van der Waals surface area contributed by atoms with E-state index in [9.17, 15) is 14.4 Å². The monoisotopic (exact) mass is 335 g/mol. The molecule has 0 aromatic heterocycles. The molecule has 24 heavy (non-hydrogen) atoms. The molecule has 0 heterocycles. The van der Waals surface area contributed by atoms with Gasteiger partial charge < -0.3 is 14.2 Å². The molecule has 130 valence electrons. The fraction of sp³-hybridized carbons (Fsp3) is 0.556. The van der Waals surface area contributed by atoms with Crippen molar-refractivity contribution in [2.24, 2.45) is 5.41 Å². The van der Waals surface area contributed by atoms with E-state index in [1.807, 2.05) is 12.1 Å². The highest BCUT2D eigenvalue weighted by Gasteiger charge is 2.76. The molecule has 0 amide bonds. The number of rotatable bonds is 6. The van der Waals surface area contributed by atoms with Crippen molar-refractivity contribution in [2.75, 3.05) is 13.7 Å². The third kappa shape index (κ3) is 3.68. The molecule has 0 spiro atoms. The summed E-state index contributed by atoms with van der Waals surface area (Å²) in [5, 5.41) is 9.27. The standard InChI is InChI=1S/C18H22FNO4/c1-16(2,3)24-15(21)17(11-20)10-18(17,19)12-23-9-13-5-7-14(22-4)8-6-13/h5-8H,9-10,12H2,1-4H3. The Morgan fingerprint density at radius 3 is 2.46 bits per heavy atom. The van der Waals surface area contributed by atoms with Crippen LogP contribution in [-0.2, 0) is 20.9 Å². The minimum Gasteiger partial charge on any atom is -0.497 e. The van der Waals surface area contributed by atoms with E-state index >= 15 is 0 Å². The van der Waals surface area contributed by atoms with Crippen LogP contribution < -0.4 is 4.74 Å². The Kier molecular flexibility index (Phi) is 4.86. The number of nitriles is 1. The van der Waals surface area contributed by atoms with Crippen molar-refractivity contribution in [2.45, 2.75) is 45.1 Å². The summed E-state index contributed by atoms with van der Waals surface area (Å²) in [5.74, 6) is -0.107. The van der Waals surface area contributed by atoms with Crippen LogP contribution in [0.3, 0.4) is 0 Å². The lowest BCUT2D eigenvalue weighted by molar-refractivity contribution is -0.161. The van der Waals surface area contributed by atoms with Crippen LogP contribution in [0.2, 0.25) is 0 Å². The van der Waals surface area contributed by atoms with E-state index in [4.69, 9.17) is 14.2 Å². The fourth-order valence-corrected chi connectivity index (χ4v) is 2.41. The molecule has 1 aromatic carbocycles. The molecule has 1 saturated carbocycles. The summed E-state index contributed by atoms with van der Waals surface area (Å²) in [7, 11) is 1.57. The summed E-state index contributed by atoms with van der Waals surface area (Å²) >= 11 is 0. The number of hydrogen-bond acceptors (Lipinski definition) is 5. The second-order valence-corrected chi connectivity index (χ2v) is 7.00. The van der Waals surface area contributed by atoms with Gasteiger partial charge >= 0.3 is 5.97 Å². The van der Waals surface area contributed by atoms with E-state index in [-0.39, 0.29) is 19.6 Å². The van der Waals surface area contributed by atoms with Gasteiger partial charge in [-0.05, 0) is 38.5 Å². The Labute approximate surface area is 141 Å². The van der Waals surface area contributed by atoms with Gasteiger partial charge in [-0.15, -0.1) is 0 Å². The van der Waals surface area contributed by atoms with Crippen LogP contribution in [0.15, 0.2) is 24.3 Å². The second-order valence-electron chi connectivity index (χ2n) is 7.00. The van der Waals surface area contributed by atoms with Crippen LogP contribution in [0.5, 0.6) is 5.75 Å². The molecule has 6 heteroatoms. The number of alkyl halides is 1. The molecular weight excluding hydrogens is 313 g/mol. The summed E-state index contributed by atoms with van der Waals surface area (Å²) in [4.78, 5) is 12.1. The van der Waals surface area contributed by atoms with Gasteiger partial charge in [0.1, 0.15) is 11.4 Å². The van der Waals surface area contributed by atoms with E-state index in [2.05, 4.69) is 0 Å². The molecule has 0 radical (unpaired) electrons. The Balaban J connectivity index is 1.92. The van der Waals surface area contributed by atoms with Gasteiger partial charge in [-0.3, -0.25) is 4.79 Å². The third-order valence-electron chi connectivity index (χ3n) is 3.88. The lowest BCUT2D eigenvalue weighted by Gasteiger charge is -2.22. The number of methoxy groups -OCH3 is 1. The average Bonchev–Trinajstić information content (AvgIpc) is 3.13. The number of halogens is 1. The quantitative estimate of drug-likeness (QED) is 0.747. The lowest BCUT2D eigenvalue weighted by Crippen LogP contribution is -2.34. The van der Waals surface area contributed by atoms with Crippen molar-refractivity contribution < 1.29 is 23.4 Å². The molecule has 0 bridgehead atoms. The van der Waals surface area contributed by atoms with Crippen molar-refractivity contribution in [3.05, 3.63) is 29.8 Å². The highest BCUT2D eigenvalue weighted by atomic mass is 19.1. The number of nitrogens with zero attached hydrogens (tertiary/aromatic N) is 1. The molecule has 0 N–H and O–H groups in total. The van der Waals surface area contributed by atoms with Gasteiger partial charge in [0.15, 0.2) is 11.1 Å². The third-order valence-corrected chi connectivity index (χ3v) is 3.88. The predicted octanol–water partition coefficient (Wildman–Crippen LogP) is 3.18. The molecular formula is C18H22FNO4. The maximum atomic E-state index is 14.8. The zero-order chi connectivity index (χ0) is 18.0. The largest absolute Gasteiger partial charge is 0.497 e. The first-order valence-corrected chi connectivity index (χ1v) is 7.70. The predicted molar refractivity (Wildman–Crippen MR) is 85.0 cm³/mol. The van der Waals surface area contributed by atoms with Gasteiger partial charge in [0.25, 0.3) is 0 Å². The normalized spacial score (nSPS) is 25.7. The van der Waals surface area contributed by atoms with E-state index < -0.39 is 22.7 Å². The molecule has 2 unspecified atom stereocenters. The molecule has 5 nitrogen and oxygen atoms in total. The Morgan fingerprint density at radius 1 is 1.33 bits per heavy atom. The number of esters is 1. The second kappa shape index (κ2) is 6.40. The van der Waals surface area contributed by atoms with Crippen LogP contribution in [-0.4, -0.2) is 31.0 Å². The number of ether oxygens (including phenoxy) is 3. The van der Waals surface area contributed by atoms with Crippen LogP contribution in [0, 0.1) is 16.7 Å². The first-order valence-electron chi connectivity index (χ1n) is 7.70. The molecule has 0 aliphatic heterocycles. The zero-order valence-corrected chi connectivity index (χ0v) is 14.4. The highest BCUT2D eigenvalue weighted by Crippen LogP contribution is 2.60. The van der Waals surface area contributed by atoms with Gasteiger partial charge in [0, 0.05) is 6.42 Å². The van der Waals surface area contributed by atoms with Crippen LogP contribution in [0.1, 0.15) is 32.8 Å². The van der Waals surface area contributed by atoms with Gasteiger partial charge in [-0.25, -0.2) is 4.39 Å². The summed E-state index contributed by atoms with van der Waals surface area (Å²) < 4.78 is 30.4. The minimum atomic E-state index is -2.00. The van der Waals surface area contributed by atoms with E-state index in [0.29, 0.717) is 0 Å². The molecule has 0 saturated heterocycles. The van der Waals surface area contributed by atoms with E-state index in [1.165, 1.54) is 0 Å². The van der Waals surface area contributed by atoms with Gasteiger partial charge in [-0.2, -0.15) is 5.26 Å². The highest BCUT2D eigenvalue weighted by molar-refractivity contribution is 5.86. The zero-order valence-electron chi connectivity index (χ0n) is 14.4. The molecule has 1 aliphatic rings. The number of carbonyl (C=O) groups excluding carboxylic acids is 1. The molecule has 1 aromatic rings. The van der Waals surface area contributed by atoms with Crippen molar-refractivity contribution in [1.29, 1.82) is 5.26 Å². The molecule has 2 rings (SSSR count). The SMILES string of the molecule is COc1ccc(COCC2(F)CC2(C#N)C(=O)OC(C)(C)C)cc1. The number of hydrogen-bond donors (Lipinski definition) is 0. The Morgan fingerprint density at radius 2 is 1.96 bits per heavy atom. The van der Waals surface area contributed by atoms with Crippen molar-refractivity contribution in [3.8, 4) is 11.8 Å². The number of carbonyl (C=O) groups is 1. The molecule has 1 fully saturated rings. The Bertz CT molecular complexity index is 646. The summed E-state index contributed by atoms with van der Waals surface area (Å²) in [5.41, 5.74) is -3.69. The van der Waals surface area contributed by atoms with Crippen molar-refractivity contribution in [1.82, 2.24) is 0 Å². The summed E-state index contributed by atoms with van der Waals surface area (Å²) in [6, 6.07) is 8.96. The topological polar surface area (TPSA) is 68.5 Å². The average molecular weight is 335 g/mol. The smallest absolute Gasteiger partial charge is 0.330 e. The summed E-state index contributed by atoms with van der Waals surface area (Å²) in [6.45, 7) is 4.90. The number of benzene rings is 1. The van der Waals surface area contributed by atoms with Gasteiger partial charge in [0.2, 0.25) is 0 Å². The van der Waals surface area contributed by atoms with Crippen LogP contribution >= 0.6 is 0 Å². The lowest BCUT2D eigenvalue weighted by atomic mass is 10.0.